The fraction of sp³-hybridized carbons (Fsp3) is 0.708. The van der Waals surface area contributed by atoms with Gasteiger partial charge in [0, 0.05) is 0 Å². The van der Waals surface area contributed by atoms with E-state index < -0.39 is 0 Å². The van der Waals surface area contributed by atoms with Crippen LogP contribution in [0.4, 0.5) is 4.39 Å². The Hall–Kier alpha value is -1.36. The first-order valence-corrected chi connectivity index (χ1v) is 10.9. The van der Waals surface area contributed by atoms with Gasteiger partial charge in [-0.3, -0.25) is 0 Å². The van der Waals surface area contributed by atoms with E-state index in [1.54, 1.807) is 6.07 Å². The van der Waals surface area contributed by atoms with Crippen molar-refractivity contribution < 1.29 is 4.39 Å². The fourth-order valence-electron chi connectivity index (χ4n) is 5.18. The molecule has 0 bridgehead atoms. The minimum Gasteiger partial charge on any atom is -0.205 e. The van der Waals surface area contributed by atoms with Crippen LogP contribution in [-0.4, -0.2) is 0 Å². The summed E-state index contributed by atoms with van der Waals surface area (Å²) in [5.41, 5.74) is 2.17. The van der Waals surface area contributed by atoms with Crippen LogP contribution in [0.2, 0.25) is 0 Å². The van der Waals surface area contributed by atoms with E-state index in [0.717, 1.165) is 42.2 Å². The van der Waals surface area contributed by atoms with Crippen LogP contribution in [-0.2, 0) is 12.8 Å². The Morgan fingerprint density at radius 1 is 0.962 bits per heavy atom. The van der Waals surface area contributed by atoms with Crippen molar-refractivity contribution in [2.75, 3.05) is 0 Å². The lowest BCUT2D eigenvalue weighted by molar-refractivity contribution is 0.233. The smallest absolute Gasteiger partial charge is 0.144 e. The van der Waals surface area contributed by atoms with Crippen molar-refractivity contribution in [3.63, 3.8) is 0 Å². The lowest BCUT2D eigenvalue weighted by atomic mass is 9.75. The molecule has 1 unspecified atom stereocenters. The van der Waals surface area contributed by atoms with Gasteiger partial charge in [0.2, 0.25) is 0 Å². The van der Waals surface area contributed by atoms with Crippen LogP contribution in [0.1, 0.15) is 94.2 Å². The zero-order valence-electron chi connectivity index (χ0n) is 16.4. The number of rotatable bonds is 7. The zero-order valence-corrected chi connectivity index (χ0v) is 16.4. The summed E-state index contributed by atoms with van der Waals surface area (Å²) in [5.74, 6) is 2.37. The van der Waals surface area contributed by atoms with E-state index in [1.807, 2.05) is 12.1 Å². The van der Waals surface area contributed by atoms with E-state index in [0.29, 0.717) is 5.92 Å². The highest BCUT2D eigenvalue weighted by Gasteiger charge is 2.25. The van der Waals surface area contributed by atoms with Crippen molar-refractivity contribution in [2.24, 2.45) is 17.8 Å². The highest BCUT2D eigenvalue weighted by atomic mass is 19.1. The number of nitriles is 1. The quantitative estimate of drug-likeness (QED) is 0.484. The number of hydrogen-bond acceptors (Lipinski definition) is 1. The first-order chi connectivity index (χ1) is 12.7. The van der Waals surface area contributed by atoms with E-state index >= 15 is 0 Å². The molecule has 0 heterocycles. The van der Waals surface area contributed by atoms with Gasteiger partial charge in [0.15, 0.2) is 0 Å². The van der Waals surface area contributed by atoms with Crippen LogP contribution in [0.5, 0.6) is 0 Å². The molecular weight excluding hydrogens is 321 g/mol. The molecule has 0 aromatic heterocycles. The van der Waals surface area contributed by atoms with Crippen LogP contribution < -0.4 is 0 Å². The molecule has 2 aliphatic carbocycles. The van der Waals surface area contributed by atoms with Crippen molar-refractivity contribution in [1.29, 1.82) is 5.26 Å². The van der Waals surface area contributed by atoms with Crippen LogP contribution in [0.3, 0.4) is 0 Å². The van der Waals surface area contributed by atoms with Gasteiger partial charge in [-0.2, -0.15) is 5.26 Å². The van der Waals surface area contributed by atoms with Gasteiger partial charge < -0.3 is 0 Å². The normalized spacial score (nSPS) is 25.5. The summed E-state index contributed by atoms with van der Waals surface area (Å²) < 4.78 is 14.3. The summed E-state index contributed by atoms with van der Waals surface area (Å²) in [6.07, 6.45) is 16.9. The van der Waals surface area contributed by atoms with Gasteiger partial charge >= 0.3 is 0 Å². The third-order valence-corrected chi connectivity index (χ3v) is 6.94. The Labute approximate surface area is 159 Å². The van der Waals surface area contributed by atoms with Gasteiger partial charge in [-0.25, -0.2) is 4.39 Å². The number of benzene rings is 1. The lowest BCUT2D eigenvalue weighted by Crippen LogP contribution is -2.19. The minimum atomic E-state index is -0.259. The summed E-state index contributed by atoms with van der Waals surface area (Å²) in [5, 5.41) is 8.99. The van der Waals surface area contributed by atoms with Gasteiger partial charge in [0.05, 0.1) is 5.56 Å². The minimum absolute atomic E-state index is 0.206. The van der Waals surface area contributed by atoms with Gasteiger partial charge in [-0.05, 0) is 60.6 Å². The monoisotopic (exact) mass is 355 g/mol. The highest BCUT2D eigenvalue weighted by molar-refractivity contribution is 5.41. The summed E-state index contributed by atoms with van der Waals surface area (Å²) in [4.78, 5) is 0. The van der Waals surface area contributed by atoms with Crippen molar-refractivity contribution in [3.05, 3.63) is 34.6 Å². The van der Waals surface area contributed by atoms with Gasteiger partial charge in [-0.15, -0.1) is 0 Å². The Bertz CT molecular complexity index is 622. The number of fused-ring (bicyclic) bond motifs is 1. The molecule has 142 valence electrons. The Morgan fingerprint density at radius 3 is 2.35 bits per heavy atom. The molecule has 1 aromatic rings. The Morgan fingerprint density at radius 2 is 1.65 bits per heavy atom. The average Bonchev–Trinajstić information content (AvgIpc) is 2.68. The van der Waals surface area contributed by atoms with Crippen molar-refractivity contribution in [1.82, 2.24) is 0 Å². The van der Waals surface area contributed by atoms with Crippen molar-refractivity contribution in [2.45, 2.75) is 90.4 Å². The first-order valence-electron chi connectivity index (χ1n) is 10.9. The summed E-state index contributed by atoms with van der Waals surface area (Å²) in [6.45, 7) is 2.29. The van der Waals surface area contributed by atoms with Crippen molar-refractivity contribution in [3.8, 4) is 6.07 Å². The molecule has 0 aliphatic heterocycles. The second-order valence-corrected chi connectivity index (χ2v) is 8.75. The molecule has 0 radical (unpaired) electrons. The molecule has 1 atom stereocenters. The van der Waals surface area contributed by atoms with E-state index in [1.165, 1.54) is 64.2 Å². The van der Waals surface area contributed by atoms with E-state index in [9.17, 15) is 4.39 Å². The van der Waals surface area contributed by atoms with Crippen LogP contribution in [0.15, 0.2) is 12.1 Å². The predicted octanol–water partition coefficient (Wildman–Crippen LogP) is 6.97. The molecule has 1 saturated carbocycles. The largest absolute Gasteiger partial charge is 0.205 e. The standard InChI is InChI=1S/C24H34FN/c1-2-3-4-5-18-6-8-19(9-7-18)10-11-20-12-15-23-21(16-20)13-14-22(17-26)24(23)25/h13-14,18-20H,2-12,15-16H2,1H3. The molecule has 26 heavy (non-hydrogen) atoms. The molecule has 3 rings (SSSR count). The molecule has 0 spiro atoms. The zero-order chi connectivity index (χ0) is 18.4. The number of hydrogen-bond donors (Lipinski definition) is 0. The Balaban J connectivity index is 1.42. The van der Waals surface area contributed by atoms with E-state index in [4.69, 9.17) is 5.26 Å². The fourth-order valence-corrected chi connectivity index (χ4v) is 5.18. The summed E-state index contributed by atoms with van der Waals surface area (Å²) in [6, 6.07) is 5.62. The summed E-state index contributed by atoms with van der Waals surface area (Å²) >= 11 is 0. The second kappa shape index (κ2) is 9.54. The van der Waals surface area contributed by atoms with Crippen LogP contribution in [0, 0.1) is 34.9 Å². The third kappa shape index (κ3) is 4.87. The van der Waals surface area contributed by atoms with E-state index in [-0.39, 0.29) is 11.4 Å². The highest BCUT2D eigenvalue weighted by Crippen LogP contribution is 2.37. The van der Waals surface area contributed by atoms with Crippen LogP contribution in [0.25, 0.3) is 0 Å². The molecular formula is C24H34FN. The number of halogens is 1. The summed E-state index contributed by atoms with van der Waals surface area (Å²) in [7, 11) is 0. The molecule has 1 fully saturated rings. The number of unbranched alkanes of at least 4 members (excludes halogenated alkanes) is 2. The van der Waals surface area contributed by atoms with Crippen LogP contribution >= 0.6 is 0 Å². The van der Waals surface area contributed by atoms with Gasteiger partial charge in [0.25, 0.3) is 0 Å². The predicted molar refractivity (Wildman–Crippen MR) is 105 cm³/mol. The molecule has 2 heteroatoms. The average molecular weight is 356 g/mol. The third-order valence-electron chi connectivity index (χ3n) is 6.94. The first kappa shape index (κ1) is 19.4. The number of nitrogens with zero attached hydrogens (tertiary/aromatic N) is 1. The molecule has 1 aromatic carbocycles. The van der Waals surface area contributed by atoms with E-state index in [2.05, 4.69) is 6.92 Å². The maximum atomic E-state index is 14.3. The Kier molecular flexibility index (Phi) is 7.12. The maximum Gasteiger partial charge on any atom is 0.144 e. The van der Waals surface area contributed by atoms with Crippen molar-refractivity contribution >= 4 is 0 Å². The maximum absolute atomic E-state index is 14.3. The molecule has 2 aliphatic rings. The molecule has 0 N–H and O–H groups in total. The molecule has 0 amide bonds. The van der Waals surface area contributed by atoms with Gasteiger partial charge in [0.1, 0.15) is 11.9 Å². The lowest BCUT2D eigenvalue weighted by Gasteiger charge is -2.31. The molecule has 0 saturated heterocycles. The topological polar surface area (TPSA) is 23.8 Å². The molecule has 1 nitrogen and oxygen atoms in total. The second-order valence-electron chi connectivity index (χ2n) is 8.75. The van der Waals surface area contributed by atoms with Gasteiger partial charge in [-0.1, -0.05) is 70.8 Å². The SMILES string of the molecule is CCCCCC1CCC(CCC2CCc3c(ccc(C#N)c3F)C2)CC1.